The number of nitrogens with two attached hydrogens (primary N) is 1. The van der Waals surface area contributed by atoms with E-state index in [1.165, 1.54) is 11.3 Å². The lowest BCUT2D eigenvalue weighted by atomic mass is 10.1. The molecular weight excluding hydrogens is 307 g/mol. The Morgan fingerprint density at radius 1 is 1.00 bits per heavy atom. The molecule has 5 heteroatoms. The van der Waals surface area contributed by atoms with Crippen molar-refractivity contribution in [2.75, 3.05) is 31.3 Å². The molecule has 0 atom stereocenters. The van der Waals surface area contributed by atoms with Crippen LogP contribution in [-0.2, 0) is 6.42 Å². The molecule has 116 valence electrons. The summed E-state index contributed by atoms with van der Waals surface area (Å²) in [5.41, 5.74) is 9.19. The van der Waals surface area contributed by atoms with Gasteiger partial charge in [0.05, 0.1) is 7.11 Å². The van der Waals surface area contributed by atoms with Crippen LogP contribution in [0.3, 0.4) is 0 Å². The van der Waals surface area contributed by atoms with Crippen LogP contribution in [0.25, 0.3) is 0 Å². The highest BCUT2D eigenvalue weighted by molar-refractivity contribution is 5.85. The topological polar surface area (TPSA) is 38.5 Å². The number of anilines is 2. The van der Waals surface area contributed by atoms with Gasteiger partial charge in [-0.1, -0.05) is 18.2 Å². The first-order chi connectivity index (χ1) is 9.20. The average molecular weight is 329 g/mol. The zero-order valence-electron chi connectivity index (χ0n) is 12.3. The number of methoxy groups -OCH3 is 1. The van der Waals surface area contributed by atoms with Crippen molar-refractivity contribution < 1.29 is 4.74 Å². The Kier molecular flexibility index (Phi) is 8.67. The third-order valence-corrected chi connectivity index (χ3v) is 3.28. The number of nitrogens with zero attached hydrogens (tertiary/aromatic N) is 1. The third kappa shape index (κ3) is 5.37. The van der Waals surface area contributed by atoms with Crippen LogP contribution in [0, 0.1) is 0 Å². The SMILES string of the molecule is COc1ccc(N(C)CCc2ccccc2N)cc1.Cl.Cl. The second-order valence-electron chi connectivity index (χ2n) is 4.57. The number of para-hydroxylation sites is 1. The van der Waals surface area contributed by atoms with E-state index >= 15 is 0 Å². The predicted molar refractivity (Wildman–Crippen MR) is 95.3 cm³/mol. The number of benzene rings is 2. The van der Waals surface area contributed by atoms with Crippen molar-refractivity contribution in [2.24, 2.45) is 0 Å². The van der Waals surface area contributed by atoms with Crippen molar-refractivity contribution in [1.29, 1.82) is 0 Å². The van der Waals surface area contributed by atoms with E-state index in [-0.39, 0.29) is 24.8 Å². The van der Waals surface area contributed by atoms with Crippen molar-refractivity contribution in [3.63, 3.8) is 0 Å². The van der Waals surface area contributed by atoms with E-state index in [0.29, 0.717) is 0 Å². The van der Waals surface area contributed by atoms with Gasteiger partial charge in [0.25, 0.3) is 0 Å². The Morgan fingerprint density at radius 3 is 2.19 bits per heavy atom. The first-order valence-corrected chi connectivity index (χ1v) is 6.39. The monoisotopic (exact) mass is 328 g/mol. The molecule has 0 aromatic heterocycles. The molecule has 0 radical (unpaired) electrons. The van der Waals surface area contributed by atoms with Crippen molar-refractivity contribution in [2.45, 2.75) is 6.42 Å². The van der Waals surface area contributed by atoms with Gasteiger partial charge in [0.2, 0.25) is 0 Å². The van der Waals surface area contributed by atoms with Crippen LogP contribution in [0.5, 0.6) is 5.75 Å². The molecule has 0 aliphatic rings. The summed E-state index contributed by atoms with van der Waals surface area (Å²) in [4.78, 5) is 2.21. The van der Waals surface area contributed by atoms with Crippen LogP contribution < -0.4 is 15.4 Å². The van der Waals surface area contributed by atoms with E-state index in [2.05, 4.69) is 30.1 Å². The molecule has 0 unspecified atom stereocenters. The Hall–Kier alpha value is -1.58. The summed E-state index contributed by atoms with van der Waals surface area (Å²) in [5, 5.41) is 0. The predicted octanol–water partition coefficient (Wildman–Crippen LogP) is 3.80. The van der Waals surface area contributed by atoms with Gasteiger partial charge in [0, 0.05) is 25.0 Å². The van der Waals surface area contributed by atoms with Crippen molar-refractivity contribution in [1.82, 2.24) is 0 Å². The van der Waals surface area contributed by atoms with Crippen molar-refractivity contribution in [3.8, 4) is 5.75 Å². The molecule has 0 saturated heterocycles. The molecule has 0 spiro atoms. The molecule has 2 N–H and O–H groups in total. The Labute approximate surface area is 138 Å². The minimum atomic E-state index is 0. The number of ether oxygens (including phenoxy) is 1. The molecule has 21 heavy (non-hydrogen) atoms. The quantitative estimate of drug-likeness (QED) is 0.848. The van der Waals surface area contributed by atoms with E-state index in [1.807, 2.05) is 30.3 Å². The smallest absolute Gasteiger partial charge is 0.119 e. The maximum atomic E-state index is 5.95. The van der Waals surface area contributed by atoms with Crippen molar-refractivity contribution >= 4 is 36.2 Å². The summed E-state index contributed by atoms with van der Waals surface area (Å²) in [5.74, 6) is 0.879. The van der Waals surface area contributed by atoms with Gasteiger partial charge in [-0.15, -0.1) is 24.8 Å². The van der Waals surface area contributed by atoms with Gasteiger partial charge in [-0.05, 0) is 42.3 Å². The molecule has 2 rings (SSSR count). The Morgan fingerprint density at radius 2 is 1.62 bits per heavy atom. The van der Waals surface area contributed by atoms with E-state index in [0.717, 1.165) is 24.4 Å². The number of likely N-dealkylation sites (N-methyl/N-ethyl adjacent to an activating group) is 1. The van der Waals surface area contributed by atoms with Gasteiger partial charge in [0.15, 0.2) is 0 Å². The lowest BCUT2D eigenvalue weighted by Crippen LogP contribution is -2.20. The van der Waals surface area contributed by atoms with Gasteiger partial charge >= 0.3 is 0 Å². The van der Waals surface area contributed by atoms with Gasteiger partial charge in [-0.25, -0.2) is 0 Å². The summed E-state index contributed by atoms with van der Waals surface area (Å²) in [7, 11) is 3.76. The summed E-state index contributed by atoms with van der Waals surface area (Å²) in [6, 6.07) is 16.1. The molecule has 0 heterocycles. The van der Waals surface area contributed by atoms with Crippen LogP contribution in [0.1, 0.15) is 5.56 Å². The van der Waals surface area contributed by atoms with E-state index < -0.39 is 0 Å². The number of nitrogen functional groups attached to an aromatic ring is 1. The molecule has 0 aliphatic carbocycles. The summed E-state index contributed by atoms with van der Waals surface area (Å²) in [6.45, 7) is 0.931. The molecule has 0 amide bonds. The lowest BCUT2D eigenvalue weighted by molar-refractivity contribution is 0.415. The van der Waals surface area contributed by atoms with Crippen LogP contribution in [0.4, 0.5) is 11.4 Å². The molecule has 2 aromatic rings. The zero-order chi connectivity index (χ0) is 13.7. The first kappa shape index (κ1) is 19.4. The molecule has 0 fully saturated rings. The second-order valence-corrected chi connectivity index (χ2v) is 4.57. The Balaban J connectivity index is 0.00000200. The zero-order valence-corrected chi connectivity index (χ0v) is 13.9. The standard InChI is InChI=1S/C16H20N2O.2ClH/c1-18(14-7-9-15(19-2)10-8-14)12-11-13-5-3-4-6-16(13)17;;/h3-10H,11-12,17H2,1-2H3;2*1H. The Bertz CT molecular complexity index is 532. The average Bonchev–Trinajstić information content (AvgIpc) is 2.46. The minimum absolute atomic E-state index is 0. The highest BCUT2D eigenvalue weighted by atomic mass is 35.5. The highest BCUT2D eigenvalue weighted by Crippen LogP contribution is 2.19. The summed E-state index contributed by atoms with van der Waals surface area (Å²) >= 11 is 0. The maximum absolute atomic E-state index is 5.95. The van der Waals surface area contributed by atoms with Gasteiger partial charge < -0.3 is 15.4 Å². The summed E-state index contributed by atoms with van der Waals surface area (Å²) < 4.78 is 5.16. The van der Waals surface area contributed by atoms with Gasteiger partial charge in [-0.3, -0.25) is 0 Å². The van der Waals surface area contributed by atoms with E-state index in [1.54, 1.807) is 7.11 Å². The molecular formula is C16H22Cl2N2O. The number of rotatable bonds is 5. The summed E-state index contributed by atoms with van der Waals surface area (Å²) in [6.07, 6.45) is 0.940. The van der Waals surface area contributed by atoms with E-state index in [9.17, 15) is 0 Å². The fourth-order valence-corrected chi connectivity index (χ4v) is 2.02. The largest absolute Gasteiger partial charge is 0.497 e. The van der Waals surface area contributed by atoms with Crippen LogP contribution in [0.2, 0.25) is 0 Å². The lowest BCUT2D eigenvalue weighted by Gasteiger charge is -2.20. The number of hydrogen-bond donors (Lipinski definition) is 1. The second kappa shape index (κ2) is 9.37. The van der Waals surface area contributed by atoms with Gasteiger partial charge in [-0.2, -0.15) is 0 Å². The normalized spacial score (nSPS) is 9.24. The minimum Gasteiger partial charge on any atom is -0.497 e. The van der Waals surface area contributed by atoms with E-state index in [4.69, 9.17) is 10.5 Å². The van der Waals surface area contributed by atoms with Crippen molar-refractivity contribution in [3.05, 3.63) is 54.1 Å². The first-order valence-electron chi connectivity index (χ1n) is 6.39. The molecule has 0 aliphatic heterocycles. The molecule has 2 aromatic carbocycles. The third-order valence-electron chi connectivity index (χ3n) is 3.28. The fourth-order valence-electron chi connectivity index (χ4n) is 2.02. The fraction of sp³-hybridized carbons (Fsp3) is 0.250. The van der Waals surface area contributed by atoms with Crippen LogP contribution in [-0.4, -0.2) is 20.7 Å². The molecule has 0 saturated carbocycles. The van der Waals surface area contributed by atoms with Crippen LogP contribution in [0.15, 0.2) is 48.5 Å². The highest BCUT2D eigenvalue weighted by Gasteiger charge is 2.03. The maximum Gasteiger partial charge on any atom is 0.119 e. The number of halogens is 2. The molecule has 0 bridgehead atoms. The van der Waals surface area contributed by atoms with Crippen LogP contribution >= 0.6 is 24.8 Å². The van der Waals surface area contributed by atoms with Gasteiger partial charge in [0.1, 0.15) is 5.75 Å². The number of hydrogen-bond acceptors (Lipinski definition) is 3. The molecule has 3 nitrogen and oxygen atoms in total.